The summed E-state index contributed by atoms with van der Waals surface area (Å²) in [5.74, 6) is 0.361. The Kier molecular flexibility index (Phi) is 4.96. The van der Waals surface area contributed by atoms with Crippen molar-refractivity contribution >= 4 is 12.6 Å². The van der Waals surface area contributed by atoms with Crippen LogP contribution in [0.1, 0.15) is 31.7 Å². The zero-order chi connectivity index (χ0) is 13.8. The first-order chi connectivity index (χ1) is 9.10. The van der Waals surface area contributed by atoms with Crippen molar-refractivity contribution in [3.05, 3.63) is 29.6 Å². The van der Waals surface area contributed by atoms with Crippen LogP contribution in [0.25, 0.3) is 0 Å². The third-order valence-electron chi connectivity index (χ3n) is 3.95. The maximum absolute atomic E-state index is 13.9. The number of halogens is 1. The van der Waals surface area contributed by atoms with E-state index in [9.17, 15) is 4.39 Å². The Morgan fingerprint density at radius 3 is 2.84 bits per heavy atom. The van der Waals surface area contributed by atoms with Gasteiger partial charge in [0.2, 0.25) is 0 Å². The van der Waals surface area contributed by atoms with Crippen molar-refractivity contribution in [2.24, 2.45) is 5.92 Å². The smallest absolute Gasteiger partial charge is 0.423 e. The predicted molar refractivity (Wildman–Crippen MR) is 74.5 cm³/mol. The van der Waals surface area contributed by atoms with Crippen LogP contribution in [0.3, 0.4) is 0 Å². The van der Waals surface area contributed by atoms with E-state index in [1.807, 2.05) is 0 Å². The molecule has 0 aromatic heterocycles. The van der Waals surface area contributed by atoms with Gasteiger partial charge in [-0.15, -0.1) is 0 Å². The molecule has 1 aliphatic heterocycles. The summed E-state index contributed by atoms with van der Waals surface area (Å²) in [6.07, 6.45) is 3.62. The van der Waals surface area contributed by atoms with E-state index in [1.165, 1.54) is 25.3 Å². The molecule has 0 radical (unpaired) electrons. The molecule has 1 aromatic carbocycles. The Morgan fingerprint density at radius 2 is 2.21 bits per heavy atom. The molecular weight excluding hydrogens is 244 g/mol. The largest absolute Gasteiger partial charge is 0.488 e. The highest BCUT2D eigenvalue weighted by Gasteiger charge is 2.20. The first kappa shape index (κ1) is 14.5. The molecule has 1 unspecified atom stereocenters. The maximum Gasteiger partial charge on any atom is 0.488 e. The fourth-order valence-corrected chi connectivity index (χ4v) is 2.72. The van der Waals surface area contributed by atoms with Gasteiger partial charge in [-0.05, 0) is 36.8 Å². The van der Waals surface area contributed by atoms with Crippen LogP contribution in [0, 0.1) is 11.7 Å². The van der Waals surface area contributed by atoms with E-state index in [1.54, 1.807) is 12.1 Å². The molecule has 1 atom stereocenters. The fourth-order valence-electron chi connectivity index (χ4n) is 2.72. The van der Waals surface area contributed by atoms with Crippen molar-refractivity contribution in [2.75, 3.05) is 13.1 Å². The lowest BCUT2D eigenvalue weighted by atomic mass is 9.80. The standard InChI is InChI=1S/C14H21BFNO2/c1-2-11-4-3-7-17(9-11)10-12-5-6-13(15(18)19)8-14(12)16/h5-6,8,11,18-19H,2-4,7,9-10H2,1H3. The number of hydrogen-bond donors (Lipinski definition) is 2. The van der Waals surface area contributed by atoms with Gasteiger partial charge in [-0.3, -0.25) is 4.90 Å². The van der Waals surface area contributed by atoms with E-state index in [-0.39, 0.29) is 11.3 Å². The maximum atomic E-state index is 13.9. The van der Waals surface area contributed by atoms with Crippen molar-refractivity contribution in [2.45, 2.75) is 32.7 Å². The summed E-state index contributed by atoms with van der Waals surface area (Å²) < 4.78 is 13.9. The minimum atomic E-state index is -1.61. The Labute approximate surface area is 114 Å². The van der Waals surface area contributed by atoms with E-state index in [4.69, 9.17) is 10.0 Å². The minimum absolute atomic E-state index is 0.200. The average molecular weight is 265 g/mol. The van der Waals surface area contributed by atoms with E-state index >= 15 is 0 Å². The summed E-state index contributed by atoms with van der Waals surface area (Å²) in [5, 5.41) is 18.0. The van der Waals surface area contributed by atoms with Crippen LogP contribution in [0.2, 0.25) is 0 Å². The summed E-state index contributed by atoms with van der Waals surface area (Å²) in [6.45, 7) is 4.84. The molecule has 1 fully saturated rings. The highest BCUT2D eigenvalue weighted by Crippen LogP contribution is 2.21. The molecule has 1 saturated heterocycles. The van der Waals surface area contributed by atoms with Gasteiger partial charge in [0.1, 0.15) is 5.82 Å². The second kappa shape index (κ2) is 6.50. The van der Waals surface area contributed by atoms with Gasteiger partial charge in [-0.2, -0.15) is 0 Å². The van der Waals surface area contributed by atoms with Crippen LogP contribution >= 0.6 is 0 Å². The van der Waals surface area contributed by atoms with Crippen molar-refractivity contribution in [3.63, 3.8) is 0 Å². The summed E-state index contributed by atoms with van der Waals surface area (Å²) >= 11 is 0. The zero-order valence-electron chi connectivity index (χ0n) is 11.3. The topological polar surface area (TPSA) is 43.7 Å². The monoisotopic (exact) mass is 265 g/mol. The van der Waals surface area contributed by atoms with Crippen LogP contribution in [-0.2, 0) is 6.54 Å². The molecule has 0 amide bonds. The quantitative estimate of drug-likeness (QED) is 0.802. The molecular formula is C14H21BFNO2. The summed E-state index contributed by atoms with van der Waals surface area (Å²) in [6, 6.07) is 4.44. The molecule has 2 N–H and O–H groups in total. The molecule has 0 aliphatic carbocycles. The molecule has 0 bridgehead atoms. The van der Waals surface area contributed by atoms with Gasteiger partial charge in [-0.25, -0.2) is 4.39 Å². The third kappa shape index (κ3) is 3.78. The molecule has 104 valence electrons. The second-order valence-corrected chi connectivity index (χ2v) is 5.38. The molecule has 3 nitrogen and oxygen atoms in total. The van der Waals surface area contributed by atoms with Gasteiger partial charge in [0, 0.05) is 18.7 Å². The first-order valence-electron chi connectivity index (χ1n) is 6.97. The van der Waals surface area contributed by atoms with Gasteiger partial charge in [-0.1, -0.05) is 25.5 Å². The number of benzene rings is 1. The van der Waals surface area contributed by atoms with Gasteiger partial charge in [0.25, 0.3) is 0 Å². The number of hydrogen-bond acceptors (Lipinski definition) is 3. The van der Waals surface area contributed by atoms with E-state index < -0.39 is 7.12 Å². The Hall–Kier alpha value is -0.905. The van der Waals surface area contributed by atoms with E-state index in [0.717, 1.165) is 19.0 Å². The van der Waals surface area contributed by atoms with Crippen molar-refractivity contribution in [3.8, 4) is 0 Å². The fraction of sp³-hybridized carbons (Fsp3) is 0.571. The van der Waals surface area contributed by atoms with Crippen LogP contribution in [0.15, 0.2) is 18.2 Å². The molecule has 0 spiro atoms. The van der Waals surface area contributed by atoms with Crippen LogP contribution in [0.5, 0.6) is 0 Å². The molecule has 5 heteroatoms. The summed E-state index contributed by atoms with van der Waals surface area (Å²) in [4.78, 5) is 2.28. The summed E-state index contributed by atoms with van der Waals surface area (Å²) in [5.41, 5.74) is 0.826. The average Bonchev–Trinajstić information content (AvgIpc) is 2.41. The van der Waals surface area contributed by atoms with E-state index in [0.29, 0.717) is 12.1 Å². The van der Waals surface area contributed by atoms with Gasteiger partial charge < -0.3 is 10.0 Å². The summed E-state index contributed by atoms with van der Waals surface area (Å²) in [7, 11) is -1.61. The highest BCUT2D eigenvalue weighted by atomic mass is 19.1. The molecule has 2 rings (SSSR count). The number of piperidine rings is 1. The van der Waals surface area contributed by atoms with Crippen molar-refractivity contribution < 1.29 is 14.4 Å². The van der Waals surface area contributed by atoms with Crippen molar-refractivity contribution in [1.82, 2.24) is 4.90 Å². The van der Waals surface area contributed by atoms with Crippen LogP contribution in [0.4, 0.5) is 4.39 Å². The molecule has 0 saturated carbocycles. The normalized spacial score (nSPS) is 20.5. The van der Waals surface area contributed by atoms with Gasteiger partial charge in [0.05, 0.1) is 0 Å². The molecule has 19 heavy (non-hydrogen) atoms. The first-order valence-corrected chi connectivity index (χ1v) is 6.97. The second-order valence-electron chi connectivity index (χ2n) is 5.38. The Balaban J connectivity index is 2.02. The van der Waals surface area contributed by atoms with E-state index in [2.05, 4.69) is 11.8 Å². The SMILES string of the molecule is CCC1CCCN(Cc2ccc(B(O)O)cc2F)C1. The number of nitrogens with zero attached hydrogens (tertiary/aromatic N) is 1. The highest BCUT2D eigenvalue weighted by molar-refractivity contribution is 6.58. The Morgan fingerprint density at radius 1 is 1.42 bits per heavy atom. The van der Waals surface area contributed by atoms with Crippen LogP contribution in [-0.4, -0.2) is 35.2 Å². The molecule has 1 aromatic rings. The van der Waals surface area contributed by atoms with Crippen molar-refractivity contribution in [1.29, 1.82) is 0 Å². The minimum Gasteiger partial charge on any atom is -0.423 e. The van der Waals surface area contributed by atoms with Gasteiger partial charge in [0.15, 0.2) is 0 Å². The zero-order valence-corrected chi connectivity index (χ0v) is 11.3. The van der Waals surface area contributed by atoms with Crippen LogP contribution < -0.4 is 5.46 Å². The lowest BCUT2D eigenvalue weighted by Gasteiger charge is -2.32. The predicted octanol–water partition coefficient (Wildman–Crippen LogP) is 1.13. The molecule has 1 heterocycles. The Bertz CT molecular complexity index is 428. The lowest BCUT2D eigenvalue weighted by Crippen LogP contribution is -2.35. The number of rotatable bonds is 4. The third-order valence-corrected chi connectivity index (χ3v) is 3.95. The number of likely N-dealkylation sites (tertiary alicyclic amines) is 1. The lowest BCUT2D eigenvalue weighted by molar-refractivity contribution is 0.163. The molecule has 1 aliphatic rings. The van der Waals surface area contributed by atoms with Gasteiger partial charge >= 0.3 is 7.12 Å².